The summed E-state index contributed by atoms with van der Waals surface area (Å²) in [6.07, 6.45) is 0. The molecule has 2 aliphatic carbocycles. The highest BCUT2D eigenvalue weighted by Crippen LogP contribution is 2.55. The van der Waals surface area contributed by atoms with Crippen molar-refractivity contribution in [1.82, 2.24) is 0 Å². The lowest BCUT2D eigenvalue weighted by atomic mass is 9.82. The summed E-state index contributed by atoms with van der Waals surface area (Å²) in [5.41, 5.74) is 19.0. The predicted octanol–water partition coefficient (Wildman–Crippen LogP) is 15.7. The van der Waals surface area contributed by atoms with Gasteiger partial charge >= 0.3 is 0 Å². The zero-order chi connectivity index (χ0) is 38.7. The number of rotatable bonds is 2. The van der Waals surface area contributed by atoms with Gasteiger partial charge < -0.3 is 8.83 Å². The second-order valence-electron chi connectivity index (χ2n) is 17.5. The Morgan fingerprint density at radius 2 is 0.690 bits per heavy atom. The summed E-state index contributed by atoms with van der Waals surface area (Å²) < 4.78 is 13.5. The average molecular weight is 743 g/mol. The normalized spacial score (nSPS) is 14.8. The molecule has 0 N–H and O–H groups in total. The fourth-order valence-corrected chi connectivity index (χ4v) is 11.2. The molecule has 2 heterocycles. The molecular formula is C56H38O2. The van der Waals surface area contributed by atoms with Gasteiger partial charge in [-0.3, -0.25) is 0 Å². The molecule has 2 aromatic heterocycles. The van der Waals surface area contributed by atoms with Crippen molar-refractivity contribution < 1.29 is 8.83 Å². The van der Waals surface area contributed by atoms with Gasteiger partial charge in [0, 0.05) is 32.4 Å². The Bertz CT molecular complexity index is 3330. The molecule has 9 aromatic carbocycles. The quantitative estimate of drug-likeness (QED) is 0.165. The minimum atomic E-state index is -0.0678. The molecule has 11 aromatic rings. The zero-order valence-electron chi connectivity index (χ0n) is 32.8. The van der Waals surface area contributed by atoms with Gasteiger partial charge in [0.1, 0.15) is 22.3 Å². The van der Waals surface area contributed by atoms with Crippen molar-refractivity contribution in [2.24, 2.45) is 0 Å². The minimum absolute atomic E-state index is 0.0678. The van der Waals surface area contributed by atoms with Crippen LogP contribution in [0.4, 0.5) is 0 Å². The molecule has 13 rings (SSSR count). The maximum Gasteiger partial charge on any atom is 0.136 e. The first-order valence-corrected chi connectivity index (χ1v) is 20.4. The van der Waals surface area contributed by atoms with Crippen molar-refractivity contribution in [2.75, 3.05) is 0 Å². The maximum absolute atomic E-state index is 6.75. The Hall–Kier alpha value is -6.90. The van der Waals surface area contributed by atoms with Crippen LogP contribution < -0.4 is 0 Å². The molecule has 2 nitrogen and oxygen atoms in total. The molecule has 0 amide bonds. The van der Waals surface area contributed by atoms with E-state index in [2.05, 4.69) is 185 Å². The minimum Gasteiger partial charge on any atom is -0.456 e. The van der Waals surface area contributed by atoms with Crippen molar-refractivity contribution in [1.29, 1.82) is 0 Å². The molecule has 0 unspecified atom stereocenters. The second-order valence-corrected chi connectivity index (χ2v) is 17.5. The van der Waals surface area contributed by atoms with Gasteiger partial charge in [-0.15, -0.1) is 0 Å². The molecule has 58 heavy (non-hydrogen) atoms. The van der Waals surface area contributed by atoms with Crippen LogP contribution in [-0.4, -0.2) is 0 Å². The van der Waals surface area contributed by atoms with Crippen molar-refractivity contribution >= 4 is 65.4 Å². The van der Waals surface area contributed by atoms with Gasteiger partial charge in [-0.05, 0) is 125 Å². The Morgan fingerprint density at radius 1 is 0.310 bits per heavy atom. The van der Waals surface area contributed by atoms with Crippen LogP contribution in [-0.2, 0) is 10.8 Å². The highest BCUT2D eigenvalue weighted by atomic mass is 16.3. The largest absolute Gasteiger partial charge is 0.456 e. The fourth-order valence-electron chi connectivity index (χ4n) is 11.2. The number of furan rings is 2. The third kappa shape index (κ3) is 3.97. The topological polar surface area (TPSA) is 26.3 Å². The standard InChI is InChI=1S/C56H38O2/c1-55(2)41-19-11-9-17-37(41)51-43(55)25-27-45-53(51)39-23-21-31(29-47(39)57-45)49-33-13-5-7-15-35(33)50(36-16-8-6-14-34(36)49)32-22-24-40-48(30-32)58-46-28-26-44-52(54(40)46)38-18-10-12-20-42(38)56(44,3)4/h5-30H,1-4H3. The van der Waals surface area contributed by atoms with Gasteiger partial charge in [-0.25, -0.2) is 0 Å². The van der Waals surface area contributed by atoms with Crippen molar-refractivity contribution in [3.05, 3.63) is 180 Å². The van der Waals surface area contributed by atoms with E-state index in [1.165, 1.54) is 88.0 Å². The third-order valence-corrected chi connectivity index (χ3v) is 13.9. The zero-order valence-corrected chi connectivity index (χ0v) is 32.8. The predicted molar refractivity (Wildman–Crippen MR) is 242 cm³/mol. The molecule has 274 valence electrons. The number of hydrogen-bond acceptors (Lipinski definition) is 2. The molecule has 0 saturated carbocycles. The van der Waals surface area contributed by atoms with Crippen LogP contribution in [0.5, 0.6) is 0 Å². The molecule has 0 fully saturated rings. The summed E-state index contributed by atoms with van der Waals surface area (Å²) in [7, 11) is 0. The average Bonchev–Trinajstić information content (AvgIpc) is 3.94. The molecule has 0 radical (unpaired) electrons. The van der Waals surface area contributed by atoms with Crippen LogP contribution in [0.3, 0.4) is 0 Å². The highest BCUT2D eigenvalue weighted by Gasteiger charge is 2.38. The molecule has 2 aliphatic rings. The van der Waals surface area contributed by atoms with Crippen molar-refractivity contribution in [3.8, 4) is 44.5 Å². The number of hydrogen-bond donors (Lipinski definition) is 0. The summed E-state index contributed by atoms with van der Waals surface area (Å²) >= 11 is 0. The second kappa shape index (κ2) is 10.9. The smallest absolute Gasteiger partial charge is 0.136 e. The SMILES string of the molecule is CC1(C)c2ccccc2-c2c1ccc1oc3cc(-c4c5ccccc5c(-c5ccc6c(c5)oc5ccc7c(c56)-c5ccccc5C7(C)C)c5ccccc45)ccc3c21. The lowest BCUT2D eigenvalue weighted by Gasteiger charge is -2.21. The van der Waals surface area contributed by atoms with E-state index in [1.807, 2.05) is 0 Å². The lowest BCUT2D eigenvalue weighted by molar-refractivity contribution is 0.656. The van der Waals surface area contributed by atoms with Crippen LogP contribution in [0.2, 0.25) is 0 Å². The van der Waals surface area contributed by atoms with Crippen molar-refractivity contribution in [3.63, 3.8) is 0 Å². The molecule has 0 spiro atoms. The first-order valence-electron chi connectivity index (χ1n) is 20.4. The molecule has 0 saturated heterocycles. The van der Waals surface area contributed by atoms with Gasteiger partial charge in [0.05, 0.1) is 0 Å². The summed E-state index contributed by atoms with van der Waals surface area (Å²) in [5, 5.41) is 9.58. The summed E-state index contributed by atoms with van der Waals surface area (Å²) in [5.74, 6) is 0. The van der Waals surface area contributed by atoms with E-state index >= 15 is 0 Å². The Morgan fingerprint density at radius 3 is 1.10 bits per heavy atom. The van der Waals surface area contributed by atoms with Gasteiger partial charge in [0.25, 0.3) is 0 Å². The summed E-state index contributed by atoms with van der Waals surface area (Å²) in [4.78, 5) is 0. The third-order valence-electron chi connectivity index (χ3n) is 13.9. The fraction of sp³-hybridized carbons (Fsp3) is 0.107. The number of benzene rings is 9. The number of fused-ring (bicyclic) bond motifs is 16. The Kier molecular flexibility index (Phi) is 6.07. The Balaban J connectivity index is 1.02. The van der Waals surface area contributed by atoms with Gasteiger partial charge in [-0.1, -0.05) is 149 Å². The molecule has 0 bridgehead atoms. The van der Waals surface area contributed by atoms with E-state index in [0.29, 0.717) is 0 Å². The van der Waals surface area contributed by atoms with Crippen LogP contribution in [0.25, 0.3) is 110 Å². The highest BCUT2D eigenvalue weighted by molar-refractivity contribution is 6.23. The molecular weight excluding hydrogens is 705 g/mol. The van der Waals surface area contributed by atoms with Gasteiger partial charge in [0.15, 0.2) is 0 Å². The summed E-state index contributed by atoms with van der Waals surface area (Å²) in [6.45, 7) is 9.35. The van der Waals surface area contributed by atoms with Gasteiger partial charge in [-0.2, -0.15) is 0 Å². The van der Waals surface area contributed by atoms with E-state index in [0.717, 1.165) is 44.2 Å². The Labute approximate surface area is 336 Å². The first-order chi connectivity index (χ1) is 28.3. The summed E-state index contributed by atoms with van der Waals surface area (Å²) in [6, 6.07) is 58.1. The monoisotopic (exact) mass is 742 g/mol. The van der Waals surface area contributed by atoms with E-state index in [9.17, 15) is 0 Å². The molecule has 2 heteroatoms. The van der Waals surface area contributed by atoms with E-state index in [-0.39, 0.29) is 10.8 Å². The first kappa shape index (κ1) is 32.2. The van der Waals surface area contributed by atoms with Gasteiger partial charge in [0.2, 0.25) is 0 Å². The van der Waals surface area contributed by atoms with E-state index in [1.54, 1.807) is 0 Å². The van der Waals surface area contributed by atoms with Crippen LogP contribution in [0.15, 0.2) is 167 Å². The van der Waals surface area contributed by atoms with E-state index < -0.39 is 0 Å². The van der Waals surface area contributed by atoms with Crippen molar-refractivity contribution in [2.45, 2.75) is 38.5 Å². The molecule has 0 atom stereocenters. The molecule has 0 aliphatic heterocycles. The van der Waals surface area contributed by atoms with Crippen LogP contribution in [0, 0.1) is 0 Å². The maximum atomic E-state index is 6.75. The van der Waals surface area contributed by atoms with E-state index in [4.69, 9.17) is 8.83 Å². The lowest BCUT2D eigenvalue weighted by Crippen LogP contribution is -2.14. The van der Waals surface area contributed by atoms with Crippen LogP contribution in [0.1, 0.15) is 49.9 Å². The van der Waals surface area contributed by atoms with Crippen LogP contribution >= 0.6 is 0 Å².